The van der Waals surface area contributed by atoms with Gasteiger partial charge in [0.25, 0.3) is 17.7 Å². The maximum atomic E-state index is 13.1. The maximum absolute atomic E-state index is 13.1. The van der Waals surface area contributed by atoms with Crippen molar-refractivity contribution in [2.24, 2.45) is 0 Å². The number of anilines is 1. The highest BCUT2D eigenvalue weighted by atomic mass is 16.7. The smallest absolute Gasteiger partial charge is 0.336 e. The van der Waals surface area contributed by atoms with E-state index in [0.717, 1.165) is 22.0 Å². The normalized spacial score (nSPS) is 12.8. The van der Waals surface area contributed by atoms with Crippen molar-refractivity contribution in [2.45, 2.75) is 19.3 Å². The van der Waals surface area contributed by atoms with Gasteiger partial charge >= 0.3 is 11.9 Å². The highest BCUT2D eigenvalue weighted by molar-refractivity contribution is 6.09. The van der Waals surface area contributed by atoms with E-state index >= 15 is 0 Å². The van der Waals surface area contributed by atoms with Crippen LogP contribution < -0.4 is 20.1 Å². The first-order valence-corrected chi connectivity index (χ1v) is 18.2. The molecule has 0 saturated carbocycles. The molecule has 0 spiro atoms. The van der Waals surface area contributed by atoms with Crippen molar-refractivity contribution >= 4 is 46.3 Å². The molecule has 3 aliphatic rings. The zero-order valence-electron chi connectivity index (χ0n) is 32.0. The predicted molar refractivity (Wildman–Crippen MR) is 204 cm³/mol. The molecule has 16 heteroatoms. The molecule has 0 unspecified atom stereocenters. The lowest BCUT2D eigenvalue weighted by Crippen LogP contribution is -2.32. The molecule has 1 saturated heterocycles. The van der Waals surface area contributed by atoms with Gasteiger partial charge in [0.15, 0.2) is 0 Å². The minimum absolute atomic E-state index is 0.0149. The molecule has 0 aromatic heterocycles. The minimum Gasteiger partial charge on any atom is -0.478 e. The molecule has 2 aromatic carbocycles. The van der Waals surface area contributed by atoms with Gasteiger partial charge in [-0.05, 0) is 35.9 Å². The van der Waals surface area contributed by atoms with Gasteiger partial charge in [-0.1, -0.05) is 6.07 Å². The Kier molecular flexibility index (Phi) is 14.6. The fourth-order valence-electron chi connectivity index (χ4n) is 5.86. The Balaban J connectivity index is 1.04. The van der Waals surface area contributed by atoms with Crippen LogP contribution in [0.1, 0.15) is 40.0 Å². The molecule has 2 aromatic rings. The van der Waals surface area contributed by atoms with E-state index < -0.39 is 29.7 Å². The van der Waals surface area contributed by atoms with E-state index in [4.69, 9.17) is 28.2 Å². The van der Waals surface area contributed by atoms with Crippen LogP contribution in [0.5, 0.6) is 0 Å². The number of hydrogen-bond donors (Lipinski definition) is 2. The first kappa shape index (κ1) is 41.5. The molecule has 0 bridgehead atoms. The number of amides is 3. The van der Waals surface area contributed by atoms with Gasteiger partial charge in [-0.25, -0.2) is 14.2 Å². The molecule has 56 heavy (non-hydrogen) atoms. The topological polar surface area (TPSA) is 186 Å². The number of fused-ring (bicyclic) bond motifs is 2. The summed E-state index contributed by atoms with van der Waals surface area (Å²) in [4.78, 5) is 67.1. The zero-order chi connectivity index (χ0) is 40.2. The highest BCUT2D eigenvalue weighted by Gasteiger charge is 2.32. The van der Waals surface area contributed by atoms with Crippen molar-refractivity contribution in [1.29, 1.82) is 0 Å². The van der Waals surface area contributed by atoms with Gasteiger partial charge in [0.2, 0.25) is 5.36 Å². The molecule has 2 heterocycles. The summed E-state index contributed by atoms with van der Waals surface area (Å²) in [6.45, 7) is 2.24. The lowest BCUT2D eigenvalue weighted by Gasteiger charge is -2.19. The maximum Gasteiger partial charge on any atom is 0.336 e. The zero-order valence-corrected chi connectivity index (χ0v) is 32.0. The second-order valence-corrected chi connectivity index (χ2v) is 13.2. The molecule has 3 amide bonds. The van der Waals surface area contributed by atoms with Crippen LogP contribution in [0, 0.1) is 0 Å². The number of carbonyl (C=O) groups excluding carboxylic acids is 4. The van der Waals surface area contributed by atoms with Crippen LogP contribution in [0.3, 0.4) is 0 Å². The molecule has 16 nitrogen and oxygen atoms in total. The van der Waals surface area contributed by atoms with Crippen molar-refractivity contribution in [1.82, 2.24) is 15.0 Å². The largest absolute Gasteiger partial charge is 0.478 e. The fraction of sp³-hybridized carbons (Fsp3) is 0.400. The number of carboxylic acid groups (broad SMARTS) is 1. The summed E-state index contributed by atoms with van der Waals surface area (Å²) in [6.07, 6.45) is -0.0368. The summed E-state index contributed by atoms with van der Waals surface area (Å²) in [6, 6.07) is 16.3. The van der Waals surface area contributed by atoms with Gasteiger partial charge in [-0.15, -0.1) is 5.06 Å². The molecule has 2 aliphatic heterocycles. The van der Waals surface area contributed by atoms with E-state index in [9.17, 15) is 29.1 Å². The number of nitrogens with one attached hydrogen (secondary N) is 1. The Morgan fingerprint density at radius 1 is 0.804 bits per heavy atom. The van der Waals surface area contributed by atoms with Crippen molar-refractivity contribution in [2.75, 3.05) is 92.5 Å². The quantitative estimate of drug-likeness (QED) is 0.0579. The van der Waals surface area contributed by atoms with Gasteiger partial charge in [0.1, 0.15) is 25.4 Å². The second kappa shape index (κ2) is 19.8. The van der Waals surface area contributed by atoms with Crippen LogP contribution in [-0.2, 0) is 38.2 Å². The lowest BCUT2D eigenvalue weighted by molar-refractivity contribution is -0.198. The third-order valence-electron chi connectivity index (χ3n) is 8.80. The third-order valence-corrected chi connectivity index (χ3v) is 8.80. The molecule has 298 valence electrons. The predicted octanol–water partition coefficient (Wildman–Crippen LogP) is 2.79. The average molecular weight is 776 g/mol. The van der Waals surface area contributed by atoms with Crippen LogP contribution in [0.4, 0.5) is 5.69 Å². The van der Waals surface area contributed by atoms with Crippen molar-refractivity contribution in [3.05, 3.63) is 71.1 Å². The number of ether oxygens (including phenoxy) is 4. The van der Waals surface area contributed by atoms with Crippen LogP contribution in [0.2, 0.25) is 0 Å². The summed E-state index contributed by atoms with van der Waals surface area (Å²) < 4.78 is 30.1. The van der Waals surface area contributed by atoms with Crippen LogP contribution >= 0.6 is 0 Å². The molecule has 1 aliphatic carbocycles. The molecular formula is C40H47N4O12+. The van der Waals surface area contributed by atoms with Crippen molar-refractivity contribution in [3.8, 4) is 22.5 Å². The van der Waals surface area contributed by atoms with Gasteiger partial charge in [0, 0.05) is 73.4 Å². The van der Waals surface area contributed by atoms with Crippen molar-refractivity contribution in [3.63, 3.8) is 0 Å². The Morgan fingerprint density at radius 2 is 1.43 bits per heavy atom. The molecular weight excluding hydrogens is 728 g/mol. The Morgan fingerprint density at radius 3 is 2.05 bits per heavy atom. The standard InChI is InChI=1S/C40H46N4O12/c1-42(2)27-6-9-30-33(24-27)55-34-25-28(43(3)4)7-10-31(34)38(30)29-8-5-26(23-32(29)40(49)50)39(48)41-14-16-52-18-20-54-22-21-53-19-17-51-15-13-37(47)56-44-35(45)11-12-36(44)46/h5-10,23-25H,11-22H2,1-4H3,(H-,41,48,49,50)/p+1. The number of carboxylic acids is 1. The van der Waals surface area contributed by atoms with E-state index in [-0.39, 0.29) is 63.4 Å². The summed E-state index contributed by atoms with van der Waals surface area (Å²) in [5.41, 5.74) is 3.62. The van der Waals surface area contributed by atoms with E-state index in [0.29, 0.717) is 54.0 Å². The van der Waals surface area contributed by atoms with Gasteiger partial charge in [0.05, 0.1) is 70.9 Å². The molecule has 2 N–H and O–H groups in total. The van der Waals surface area contributed by atoms with E-state index in [1.165, 1.54) is 6.07 Å². The Bertz CT molecular complexity index is 2090. The number of nitrogens with zero attached hydrogens (tertiary/aromatic N) is 3. The molecule has 1 fully saturated rings. The lowest BCUT2D eigenvalue weighted by atomic mass is 9.89. The number of aromatic carboxylic acids is 1. The average Bonchev–Trinajstić information content (AvgIpc) is 3.49. The first-order valence-electron chi connectivity index (χ1n) is 18.2. The minimum atomic E-state index is -1.17. The number of carbonyl (C=O) groups is 5. The highest BCUT2D eigenvalue weighted by Crippen LogP contribution is 2.42. The second-order valence-electron chi connectivity index (χ2n) is 13.2. The van der Waals surface area contributed by atoms with E-state index in [2.05, 4.69) is 5.32 Å². The van der Waals surface area contributed by atoms with Crippen LogP contribution in [0.15, 0.2) is 59.0 Å². The van der Waals surface area contributed by atoms with Gasteiger partial charge < -0.3 is 43.5 Å². The number of imide groups is 1. The number of rotatable bonds is 20. The summed E-state index contributed by atoms with van der Waals surface area (Å²) in [7, 11) is 7.74. The monoisotopic (exact) mass is 775 g/mol. The van der Waals surface area contributed by atoms with Crippen molar-refractivity contribution < 1.29 is 57.3 Å². The Labute approximate surface area is 323 Å². The Hall–Kier alpha value is -5.68. The number of hydrogen-bond acceptors (Lipinski definition) is 12. The van der Waals surface area contributed by atoms with Crippen LogP contribution in [-0.4, -0.2) is 127 Å². The molecule has 0 atom stereocenters. The van der Waals surface area contributed by atoms with E-state index in [1.807, 2.05) is 74.1 Å². The third kappa shape index (κ3) is 10.8. The summed E-state index contributed by atoms with van der Waals surface area (Å²) >= 11 is 0. The first-order chi connectivity index (χ1) is 26.9. The number of hydroxylamine groups is 2. The van der Waals surface area contributed by atoms with E-state index in [1.54, 1.807) is 12.1 Å². The fourth-order valence-corrected chi connectivity index (χ4v) is 5.86. The van der Waals surface area contributed by atoms with Gasteiger partial charge in [-0.3, -0.25) is 14.4 Å². The summed E-state index contributed by atoms with van der Waals surface area (Å²) in [5.74, 6) is -2.79. The SMILES string of the molecule is CN(C)c1ccc2c(-c3ccc(C(=O)NCCOCCOCCOCCOCCC(=O)ON4C(=O)CCC4=O)cc3C(=O)O)c3ccc(=[N+](C)C)cc-3oc2c1. The summed E-state index contributed by atoms with van der Waals surface area (Å²) in [5, 5.41) is 15.3. The number of benzene rings is 3. The molecule has 0 radical (unpaired) electrons. The van der Waals surface area contributed by atoms with Crippen LogP contribution in [0.25, 0.3) is 33.4 Å². The van der Waals surface area contributed by atoms with Gasteiger partial charge in [-0.2, -0.15) is 0 Å². The molecule has 5 rings (SSSR count).